The van der Waals surface area contributed by atoms with Crippen LogP contribution in [0.5, 0.6) is 0 Å². The fourth-order valence-electron chi connectivity index (χ4n) is 5.09. The van der Waals surface area contributed by atoms with Gasteiger partial charge in [0.15, 0.2) is 5.82 Å². The maximum atomic E-state index is 13.5. The number of rotatable bonds is 16. The van der Waals surface area contributed by atoms with Gasteiger partial charge in [-0.1, -0.05) is 44.2 Å². The van der Waals surface area contributed by atoms with Crippen molar-refractivity contribution < 1.29 is 13.2 Å². The molecule has 0 fully saturated rings. The van der Waals surface area contributed by atoms with Gasteiger partial charge < -0.3 is 14.7 Å². The van der Waals surface area contributed by atoms with E-state index in [1.807, 2.05) is 62.9 Å². The molecule has 2 aromatic rings. The zero-order valence-corrected chi connectivity index (χ0v) is 26.9. The Morgan fingerprint density at radius 1 is 1.00 bits per heavy atom. The van der Waals surface area contributed by atoms with Gasteiger partial charge in [0.1, 0.15) is 5.82 Å². The number of amides is 2. The molecule has 0 spiro atoms. The number of urea groups is 1. The number of carbonyl (C=O) groups is 1. The standard InChI is InChI=1S/C29H51N7O3S/c1-10-35(11-2)20-15-21-40(38,39)34(9)26(19-18-25-16-13-12-14-17-25)28-30-27(31-33(28)8)22-32(7)29(37)36(23(3)4)24(5)6/h12-14,16-17,23-24,26H,10-11,15,18-22H2,1-9H3/t26-/m1/s1. The van der Waals surface area contributed by atoms with E-state index < -0.39 is 16.1 Å². The van der Waals surface area contributed by atoms with Crippen LogP contribution < -0.4 is 0 Å². The first-order chi connectivity index (χ1) is 18.8. The number of hydrogen-bond donors (Lipinski definition) is 0. The first-order valence-electron chi connectivity index (χ1n) is 14.5. The summed E-state index contributed by atoms with van der Waals surface area (Å²) in [4.78, 5) is 23.6. The van der Waals surface area contributed by atoms with Crippen molar-refractivity contribution in [2.45, 2.75) is 85.5 Å². The van der Waals surface area contributed by atoms with Crippen LogP contribution >= 0.6 is 0 Å². The number of benzene rings is 1. The Bertz CT molecular complexity index is 1140. The second-order valence-corrected chi connectivity index (χ2v) is 13.1. The molecule has 0 bridgehead atoms. The highest BCUT2D eigenvalue weighted by Crippen LogP contribution is 2.27. The van der Waals surface area contributed by atoms with E-state index in [-0.39, 0.29) is 30.4 Å². The van der Waals surface area contributed by atoms with Gasteiger partial charge in [0.25, 0.3) is 0 Å². The zero-order valence-electron chi connectivity index (χ0n) is 26.0. The van der Waals surface area contributed by atoms with Crippen LogP contribution in [0.1, 0.15) is 77.6 Å². The number of aryl methyl sites for hydroxylation is 2. The Hall–Kier alpha value is -2.50. The van der Waals surface area contributed by atoms with E-state index in [9.17, 15) is 13.2 Å². The molecule has 0 saturated heterocycles. The molecule has 10 nitrogen and oxygen atoms in total. The summed E-state index contributed by atoms with van der Waals surface area (Å²) in [6.07, 6.45) is 1.83. The van der Waals surface area contributed by atoms with Crippen molar-refractivity contribution in [3.05, 3.63) is 47.5 Å². The van der Waals surface area contributed by atoms with Crippen molar-refractivity contribution in [2.75, 3.05) is 39.5 Å². The molecule has 0 N–H and O–H groups in total. The maximum Gasteiger partial charge on any atom is 0.320 e. The molecular formula is C29H51N7O3S. The average Bonchev–Trinajstić information content (AvgIpc) is 3.26. The van der Waals surface area contributed by atoms with Gasteiger partial charge in [-0.2, -0.15) is 9.40 Å². The average molecular weight is 578 g/mol. The molecule has 11 heteroatoms. The van der Waals surface area contributed by atoms with Crippen molar-refractivity contribution in [3.63, 3.8) is 0 Å². The van der Waals surface area contributed by atoms with E-state index in [1.54, 1.807) is 30.7 Å². The molecule has 2 rings (SSSR count). The summed E-state index contributed by atoms with van der Waals surface area (Å²) in [6, 6.07) is 9.59. The number of aromatic nitrogens is 3. The van der Waals surface area contributed by atoms with E-state index in [0.717, 1.165) is 25.2 Å². The molecule has 0 saturated carbocycles. The van der Waals surface area contributed by atoms with Crippen LogP contribution in [0.25, 0.3) is 0 Å². The van der Waals surface area contributed by atoms with Gasteiger partial charge in [-0.25, -0.2) is 18.2 Å². The lowest BCUT2D eigenvalue weighted by Crippen LogP contribution is -2.48. The van der Waals surface area contributed by atoms with Gasteiger partial charge in [0.2, 0.25) is 10.0 Å². The van der Waals surface area contributed by atoms with Crippen LogP contribution in [-0.4, -0.2) is 99.8 Å². The summed E-state index contributed by atoms with van der Waals surface area (Å²) in [5, 5.41) is 4.59. The summed E-state index contributed by atoms with van der Waals surface area (Å²) in [5.74, 6) is 1.13. The molecular weight excluding hydrogens is 526 g/mol. The second-order valence-electron chi connectivity index (χ2n) is 11.0. The third kappa shape index (κ3) is 9.27. The van der Waals surface area contributed by atoms with Crippen LogP contribution in [0.4, 0.5) is 4.79 Å². The van der Waals surface area contributed by atoms with E-state index in [0.29, 0.717) is 30.9 Å². The van der Waals surface area contributed by atoms with E-state index in [4.69, 9.17) is 4.98 Å². The normalized spacial score (nSPS) is 13.0. The molecule has 1 aromatic carbocycles. The Kier molecular flexibility index (Phi) is 13.0. The summed E-state index contributed by atoms with van der Waals surface area (Å²) in [6.45, 7) is 14.9. The van der Waals surface area contributed by atoms with Gasteiger partial charge in [-0.05, 0) is 72.2 Å². The van der Waals surface area contributed by atoms with Crippen LogP contribution in [0, 0.1) is 0 Å². The monoisotopic (exact) mass is 577 g/mol. The van der Waals surface area contributed by atoms with Gasteiger partial charge in [-0.3, -0.25) is 4.68 Å². The summed E-state index contributed by atoms with van der Waals surface area (Å²) < 4.78 is 30.1. The van der Waals surface area contributed by atoms with E-state index >= 15 is 0 Å². The largest absolute Gasteiger partial charge is 0.320 e. The van der Waals surface area contributed by atoms with Crippen molar-refractivity contribution in [2.24, 2.45) is 7.05 Å². The van der Waals surface area contributed by atoms with Gasteiger partial charge in [0.05, 0.1) is 18.3 Å². The molecule has 1 aromatic heterocycles. The van der Waals surface area contributed by atoms with Crippen LogP contribution in [-0.2, 0) is 30.0 Å². The molecule has 0 radical (unpaired) electrons. The minimum atomic E-state index is -3.54. The topological polar surface area (TPSA) is 94.9 Å². The fourth-order valence-corrected chi connectivity index (χ4v) is 6.46. The van der Waals surface area contributed by atoms with Gasteiger partial charge >= 0.3 is 6.03 Å². The lowest BCUT2D eigenvalue weighted by molar-refractivity contribution is 0.130. The molecule has 2 amide bonds. The van der Waals surface area contributed by atoms with Crippen molar-refractivity contribution >= 4 is 16.1 Å². The van der Waals surface area contributed by atoms with Gasteiger partial charge in [0, 0.05) is 33.2 Å². The van der Waals surface area contributed by atoms with Crippen molar-refractivity contribution in [1.29, 1.82) is 0 Å². The Labute approximate surface area is 242 Å². The highest BCUT2D eigenvalue weighted by Gasteiger charge is 2.32. The predicted molar refractivity (Wildman–Crippen MR) is 161 cm³/mol. The molecule has 1 heterocycles. The fraction of sp³-hybridized carbons (Fsp3) is 0.690. The number of hydrogen-bond acceptors (Lipinski definition) is 6. The number of sulfonamides is 1. The SMILES string of the molecule is CCN(CC)CCCS(=O)(=O)N(C)[C@H](CCc1ccccc1)c1nc(CN(C)C(=O)N(C(C)C)C(C)C)nn1C. The molecule has 0 aliphatic rings. The molecule has 40 heavy (non-hydrogen) atoms. The lowest BCUT2D eigenvalue weighted by atomic mass is 10.0. The van der Waals surface area contributed by atoms with Crippen molar-refractivity contribution in [1.82, 2.24) is 33.8 Å². The first kappa shape index (κ1) is 33.7. The summed E-state index contributed by atoms with van der Waals surface area (Å²) in [5.41, 5.74) is 1.13. The van der Waals surface area contributed by atoms with E-state index in [1.165, 1.54) is 4.31 Å². The second kappa shape index (κ2) is 15.5. The minimum absolute atomic E-state index is 0.0603. The highest BCUT2D eigenvalue weighted by atomic mass is 32.2. The molecule has 1 atom stereocenters. The smallest absolute Gasteiger partial charge is 0.320 e. The molecule has 0 aliphatic carbocycles. The van der Waals surface area contributed by atoms with Crippen LogP contribution in [0.2, 0.25) is 0 Å². The summed E-state index contributed by atoms with van der Waals surface area (Å²) in [7, 11) is 1.64. The lowest BCUT2D eigenvalue weighted by Gasteiger charge is -2.34. The third-order valence-electron chi connectivity index (χ3n) is 7.38. The minimum Gasteiger partial charge on any atom is -0.320 e. The molecule has 0 aliphatic heterocycles. The highest BCUT2D eigenvalue weighted by molar-refractivity contribution is 7.89. The van der Waals surface area contributed by atoms with E-state index in [2.05, 4.69) is 23.8 Å². The molecule has 0 unspecified atom stereocenters. The van der Waals surface area contributed by atoms with Crippen molar-refractivity contribution in [3.8, 4) is 0 Å². The Morgan fingerprint density at radius 2 is 1.60 bits per heavy atom. The van der Waals surface area contributed by atoms with Crippen LogP contribution in [0.15, 0.2) is 30.3 Å². The quantitative estimate of drug-likeness (QED) is 0.298. The number of carbonyl (C=O) groups excluding carboxylic acids is 1. The summed E-state index contributed by atoms with van der Waals surface area (Å²) >= 11 is 0. The number of nitrogens with zero attached hydrogens (tertiary/aromatic N) is 7. The first-order valence-corrected chi connectivity index (χ1v) is 16.1. The predicted octanol–water partition coefficient (Wildman–Crippen LogP) is 4.15. The Morgan fingerprint density at radius 3 is 2.15 bits per heavy atom. The Balaban J connectivity index is 2.30. The van der Waals surface area contributed by atoms with Crippen LogP contribution in [0.3, 0.4) is 0 Å². The van der Waals surface area contributed by atoms with Gasteiger partial charge in [-0.15, -0.1) is 0 Å². The zero-order chi connectivity index (χ0) is 30.0. The third-order valence-corrected chi connectivity index (χ3v) is 9.31. The molecule has 226 valence electrons. The maximum absolute atomic E-state index is 13.5.